The monoisotopic (exact) mass is 270 g/mol. The second-order valence-corrected chi connectivity index (χ2v) is 5.14. The Hall–Kier alpha value is -1.43. The van der Waals surface area contributed by atoms with Crippen molar-refractivity contribution in [1.82, 2.24) is 0 Å². The van der Waals surface area contributed by atoms with Crippen LogP contribution in [0.15, 0.2) is 41.3 Å². The molecule has 0 saturated carbocycles. The van der Waals surface area contributed by atoms with Gasteiger partial charge in [-0.2, -0.15) is 8.42 Å². The average molecular weight is 271 g/mol. The number of rotatable bonds is 2. The van der Waals surface area contributed by atoms with E-state index in [0.29, 0.717) is 10.8 Å². The van der Waals surface area contributed by atoms with Crippen LogP contribution in [0.5, 0.6) is 0 Å². The highest BCUT2D eigenvalue weighted by Gasteiger charge is 2.21. The maximum Gasteiger partial charge on any atom is 0.295 e. The third-order valence-corrected chi connectivity index (χ3v) is 3.45. The molecule has 0 radical (unpaired) electrons. The van der Waals surface area contributed by atoms with Crippen LogP contribution in [0, 0.1) is 0 Å². The Kier molecular flexibility index (Phi) is 2.91. The van der Waals surface area contributed by atoms with Gasteiger partial charge in [0.1, 0.15) is 4.90 Å². The second kappa shape index (κ2) is 4.10. The molecule has 0 unspecified atom stereocenters. The van der Waals surface area contributed by atoms with Gasteiger partial charge >= 0.3 is 0 Å². The van der Waals surface area contributed by atoms with E-state index in [0.717, 1.165) is 6.07 Å². The van der Waals surface area contributed by atoms with Crippen LogP contribution in [0.25, 0.3) is 10.8 Å². The van der Waals surface area contributed by atoms with E-state index in [-0.39, 0.29) is 5.56 Å². The number of hydrogen-bond acceptors (Lipinski definition) is 3. The summed E-state index contributed by atoms with van der Waals surface area (Å²) in [6.45, 7) is 0. The van der Waals surface area contributed by atoms with Crippen molar-refractivity contribution in [1.29, 1.82) is 0 Å². The molecule has 0 atom stereocenters. The standard InChI is InChI=1S/C11H7ClO4S/c12-11(13)10-8-4-2-1-3-7(8)5-6-9(10)17(14,15)16/h1-6H,(H,14,15,16). The van der Waals surface area contributed by atoms with E-state index < -0.39 is 20.3 Å². The van der Waals surface area contributed by atoms with Gasteiger partial charge < -0.3 is 0 Å². The highest BCUT2D eigenvalue weighted by atomic mass is 35.5. The second-order valence-electron chi connectivity index (χ2n) is 3.41. The van der Waals surface area contributed by atoms with E-state index >= 15 is 0 Å². The zero-order valence-electron chi connectivity index (χ0n) is 8.42. The molecule has 0 aliphatic carbocycles. The normalized spacial score (nSPS) is 11.6. The van der Waals surface area contributed by atoms with E-state index in [1.807, 2.05) is 0 Å². The van der Waals surface area contributed by atoms with Gasteiger partial charge in [-0.25, -0.2) is 0 Å². The van der Waals surface area contributed by atoms with Gasteiger partial charge in [-0.15, -0.1) is 0 Å². The van der Waals surface area contributed by atoms with Gasteiger partial charge in [-0.1, -0.05) is 30.3 Å². The van der Waals surface area contributed by atoms with Gasteiger partial charge in [-0.3, -0.25) is 9.35 Å². The summed E-state index contributed by atoms with van der Waals surface area (Å²) in [7, 11) is -4.48. The largest absolute Gasteiger partial charge is 0.295 e. The van der Waals surface area contributed by atoms with Crippen LogP contribution < -0.4 is 0 Å². The zero-order valence-corrected chi connectivity index (χ0v) is 9.99. The molecule has 4 nitrogen and oxygen atoms in total. The minimum atomic E-state index is -4.48. The fourth-order valence-corrected chi connectivity index (χ4v) is 2.63. The molecule has 2 rings (SSSR count). The predicted octanol–water partition coefficient (Wildman–Crippen LogP) is 2.47. The molecular weight excluding hydrogens is 264 g/mol. The number of benzene rings is 2. The van der Waals surface area contributed by atoms with Gasteiger partial charge in [0, 0.05) is 0 Å². The molecule has 6 heteroatoms. The molecule has 0 fully saturated rings. The van der Waals surface area contributed by atoms with Gasteiger partial charge in [0.15, 0.2) is 0 Å². The summed E-state index contributed by atoms with van der Waals surface area (Å²) in [5.74, 6) is 0. The molecule has 0 aliphatic rings. The Morgan fingerprint density at radius 1 is 1.12 bits per heavy atom. The predicted molar refractivity (Wildman–Crippen MR) is 63.9 cm³/mol. The first-order chi connectivity index (χ1) is 7.91. The third-order valence-electron chi connectivity index (χ3n) is 2.37. The molecule has 2 aromatic carbocycles. The van der Waals surface area contributed by atoms with Crippen molar-refractivity contribution in [3.63, 3.8) is 0 Å². The molecule has 0 aromatic heterocycles. The van der Waals surface area contributed by atoms with Crippen LogP contribution in [0.2, 0.25) is 0 Å². The highest BCUT2D eigenvalue weighted by molar-refractivity contribution is 7.86. The Morgan fingerprint density at radius 2 is 1.76 bits per heavy atom. The minimum absolute atomic E-state index is 0.202. The Labute approximate surface area is 103 Å². The van der Waals surface area contributed by atoms with Crippen molar-refractivity contribution in [2.24, 2.45) is 0 Å². The first kappa shape index (κ1) is 12.0. The molecule has 88 valence electrons. The Balaban J connectivity index is 2.98. The fraction of sp³-hybridized carbons (Fsp3) is 0. The van der Waals surface area contributed by atoms with Crippen molar-refractivity contribution in [2.75, 3.05) is 0 Å². The van der Waals surface area contributed by atoms with Crippen molar-refractivity contribution in [3.05, 3.63) is 42.0 Å². The average Bonchev–Trinajstić information content (AvgIpc) is 2.26. The van der Waals surface area contributed by atoms with Crippen LogP contribution in [-0.2, 0) is 10.1 Å². The molecule has 0 heterocycles. The number of carbonyl (C=O) groups is 1. The summed E-state index contributed by atoms with van der Waals surface area (Å²) >= 11 is 5.38. The number of fused-ring (bicyclic) bond motifs is 1. The SMILES string of the molecule is O=C(Cl)c1c(S(=O)(=O)O)ccc2ccccc12. The van der Waals surface area contributed by atoms with Gasteiger partial charge in [0.05, 0.1) is 5.56 Å². The van der Waals surface area contributed by atoms with E-state index in [9.17, 15) is 13.2 Å². The number of halogens is 1. The summed E-state index contributed by atoms with van der Waals surface area (Å²) in [6, 6.07) is 9.35. The van der Waals surface area contributed by atoms with Crippen LogP contribution in [0.1, 0.15) is 10.4 Å². The van der Waals surface area contributed by atoms with E-state index in [1.54, 1.807) is 24.3 Å². The zero-order chi connectivity index (χ0) is 12.6. The first-order valence-corrected chi connectivity index (χ1v) is 6.42. The molecule has 2 aromatic rings. The quantitative estimate of drug-likeness (QED) is 0.672. The van der Waals surface area contributed by atoms with Crippen molar-refractivity contribution in [2.45, 2.75) is 4.90 Å². The van der Waals surface area contributed by atoms with Crippen molar-refractivity contribution >= 4 is 37.7 Å². The maximum atomic E-state index is 11.3. The number of carbonyl (C=O) groups excluding carboxylic acids is 1. The smallest absolute Gasteiger partial charge is 0.282 e. The molecule has 0 aliphatic heterocycles. The lowest BCUT2D eigenvalue weighted by Gasteiger charge is -2.07. The summed E-state index contributed by atoms with van der Waals surface area (Å²) in [4.78, 5) is 10.8. The Bertz CT molecular complexity index is 706. The van der Waals surface area contributed by atoms with E-state index in [2.05, 4.69) is 0 Å². The van der Waals surface area contributed by atoms with Crippen LogP contribution >= 0.6 is 11.6 Å². The van der Waals surface area contributed by atoms with Crippen molar-refractivity contribution < 1.29 is 17.8 Å². The molecule has 0 spiro atoms. The summed E-state index contributed by atoms with van der Waals surface area (Å²) in [5.41, 5.74) is -0.202. The fourth-order valence-electron chi connectivity index (χ4n) is 1.67. The molecule has 0 bridgehead atoms. The van der Waals surface area contributed by atoms with Gasteiger partial charge in [0.2, 0.25) is 0 Å². The molecule has 1 N–H and O–H groups in total. The van der Waals surface area contributed by atoms with Crippen LogP contribution in [0.3, 0.4) is 0 Å². The number of hydrogen-bond donors (Lipinski definition) is 1. The lowest BCUT2D eigenvalue weighted by molar-refractivity contribution is 0.107. The lowest BCUT2D eigenvalue weighted by atomic mass is 10.1. The topological polar surface area (TPSA) is 71.4 Å². The van der Waals surface area contributed by atoms with E-state index in [4.69, 9.17) is 16.2 Å². The highest BCUT2D eigenvalue weighted by Crippen LogP contribution is 2.27. The first-order valence-electron chi connectivity index (χ1n) is 4.60. The summed E-state index contributed by atoms with van der Waals surface area (Å²) < 4.78 is 31.3. The van der Waals surface area contributed by atoms with E-state index in [1.165, 1.54) is 6.07 Å². The maximum absolute atomic E-state index is 11.3. The Morgan fingerprint density at radius 3 is 2.35 bits per heavy atom. The summed E-state index contributed by atoms with van der Waals surface area (Å²) in [6.07, 6.45) is 0. The van der Waals surface area contributed by atoms with Crippen molar-refractivity contribution in [3.8, 4) is 0 Å². The molecule has 17 heavy (non-hydrogen) atoms. The van der Waals surface area contributed by atoms with Gasteiger partial charge in [0.25, 0.3) is 15.4 Å². The minimum Gasteiger partial charge on any atom is -0.282 e. The third kappa shape index (κ3) is 2.17. The van der Waals surface area contributed by atoms with Gasteiger partial charge in [-0.05, 0) is 28.4 Å². The van der Waals surface area contributed by atoms with Crippen LogP contribution in [-0.4, -0.2) is 18.2 Å². The van der Waals surface area contributed by atoms with Crippen LogP contribution in [0.4, 0.5) is 0 Å². The molecule has 0 amide bonds. The molecular formula is C11H7ClO4S. The lowest BCUT2D eigenvalue weighted by Crippen LogP contribution is -2.06. The molecule has 0 saturated heterocycles. The summed E-state index contributed by atoms with van der Waals surface area (Å²) in [5, 5.41) is 0.140.